The molecule has 0 aromatic heterocycles. The summed E-state index contributed by atoms with van der Waals surface area (Å²) < 4.78 is 13.2. The van der Waals surface area contributed by atoms with E-state index in [0.29, 0.717) is 6.07 Å². The predicted octanol–water partition coefficient (Wildman–Crippen LogP) is 2.33. The maximum Gasteiger partial charge on any atom is 0.339 e. The van der Waals surface area contributed by atoms with E-state index >= 15 is 0 Å². The first kappa shape index (κ1) is 11.6. The molecule has 15 heavy (non-hydrogen) atoms. The lowest BCUT2D eigenvalue weighted by Crippen LogP contribution is -2.06. The maximum atomic E-state index is 13.2. The van der Waals surface area contributed by atoms with Crippen LogP contribution in [0.5, 0.6) is 0 Å². The minimum Gasteiger partial charge on any atom is -0.478 e. The Kier molecular flexibility index (Phi) is 3.35. The first-order valence-electron chi connectivity index (χ1n) is 3.73. The average Bonchev–Trinajstić information content (AvgIpc) is 2.15. The molecule has 0 aliphatic heterocycles. The fraction of sp³-hybridized carbons (Fsp3) is 0.125. The normalized spacial score (nSPS) is 10.0. The topological polar surface area (TPSA) is 80.4 Å². The van der Waals surface area contributed by atoms with Crippen LogP contribution < -0.4 is 0 Å². The third-order valence-electron chi connectivity index (χ3n) is 1.73. The van der Waals surface area contributed by atoms with Crippen LogP contribution in [-0.2, 0) is 5.33 Å². The SMILES string of the molecule is O=C(O)c1c(F)cc([N+](=O)[O-])cc1CBr. The summed E-state index contributed by atoms with van der Waals surface area (Å²) in [5, 5.41) is 19.1. The van der Waals surface area contributed by atoms with Gasteiger partial charge in [0.2, 0.25) is 0 Å². The van der Waals surface area contributed by atoms with Crippen molar-refractivity contribution < 1.29 is 19.2 Å². The van der Waals surface area contributed by atoms with Crippen molar-refractivity contribution in [3.63, 3.8) is 0 Å². The monoisotopic (exact) mass is 277 g/mol. The van der Waals surface area contributed by atoms with Gasteiger partial charge in [-0.05, 0) is 5.56 Å². The largest absolute Gasteiger partial charge is 0.478 e. The van der Waals surface area contributed by atoms with Crippen molar-refractivity contribution in [3.8, 4) is 0 Å². The van der Waals surface area contributed by atoms with Crippen LogP contribution in [0.15, 0.2) is 12.1 Å². The van der Waals surface area contributed by atoms with Gasteiger partial charge >= 0.3 is 5.97 Å². The number of non-ortho nitro benzene ring substituents is 1. The van der Waals surface area contributed by atoms with E-state index in [0.717, 1.165) is 6.07 Å². The number of nitro groups is 1. The summed E-state index contributed by atoms with van der Waals surface area (Å²) in [4.78, 5) is 20.3. The van der Waals surface area contributed by atoms with Crippen molar-refractivity contribution in [3.05, 3.63) is 39.2 Å². The van der Waals surface area contributed by atoms with Gasteiger partial charge in [-0.25, -0.2) is 9.18 Å². The fourth-order valence-corrected chi connectivity index (χ4v) is 1.54. The molecule has 0 atom stereocenters. The Morgan fingerprint density at radius 1 is 1.60 bits per heavy atom. The quantitative estimate of drug-likeness (QED) is 0.522. The highest BCUT2D eigenvalue weighted by atomic mass is 79.9. The summed E-state index contributed by atoms with van der Waals surface area (Å²) in [7, 11) is 0. The van der Waals surface area contributed by atoms with Gasteiger partial charge in [0.05, 0.1) is 16.6 Å². The predicted molar refractivity (Wildman–Crippen MR) is 52.6 cm³/mol. The summed E-state index contributed by atoms with van der Waals surface area (Å²) in [6.07, 6.45) is 0. The van der Waals surface area contributed by atoms with Gasteiger partial charge in [0.1, 0.15) is 5.82 Å². The molecular weight excluding hydrogens is 273 g/mol. The minimum atomic E-state index is -1.45. The number of nitrogens with zero attached hydrogens (tertiary/aromatic N) is 1. The van der Waals surface area contributed by atoms with E-state index in [1.54, 1.807) is 0 Å². The smallest absolute Gasteiger partial charge is 0.339 e. The van der Waals surface area contributed by atoms with Crippen LogP contribution in [0, 0.1) is 15.9 Å². The van der Waals surface area contributed by atoms with Crippen LogP contribution in [0.1, 0.15) is 15.9 Å². The van der Waals surface area contributed by atoms with Crippen LogP contribution in [0.4, 0.5) is 10.1 Å². The number of alkyl halides is 1. The zero-order chi connectivity index (χ0) is 11.6. The summed E-state index contributed by atoms with van der Waals surface area (Å²) in [5.74, 6) is -2.55. The second-order valence-electron chi connectivity index (χ2n) is 2.66. The third kappa shape index (κ3) is 2.30. The highest BCUT2D eigenvalue weighted by Crippen LogP contribution is 2.23. The number of hydrogen-bond acceptors (Lipinski definition) is 3. The molecule has 0 unspecified atom stereocenters. The molecule has 7 heteroatoms. The van der Waals surface area contributed by atoms with E-state index in [4.69, 9.17) is 5.11 Å². The molecule has 80 valence electrons. The van der Waals surface area contributed by atoms with E-state index in [2.05, 4.69) is 15.9 Å². The molecule has 1 rings (SSSR count). The van der Waals surface area contributed by atoms with Crippen molar-refractivity contribution in [1.29, 1.82) is 0 Å². The first-order valence-corrected chi connectivity index (χ1v) is 4.85. The molecule has 5 nitrogen and oxygen atoms in total. The molecule has 0 saturated heterocycles. The number of carboxylic acid groups (broad SMARTS) is 1. The Balaban J connectivity index is 3.43. The van der Waals surface area contributed by atoms with Gasteiger partial charge < -0.3 is 5.11 Å². The summed E-state index contributed by atoms with van der Waals surface area (Å²) >= 11 is 2.94. The minimum absolute atomic E-state index is 0.0350. The second kappa shape index (κ2) is 4.35. The number of nitro benzene ring substituents is 1. The van der Waals surface area contributed by atoms with Gasteiger partial charge in [0.25, 0.3) is 5.69 Å². The van der Waals surface area contributed by atoms with Gasteiger partial charge in [-0.2, -0.15) is 0 Å². The molecule has 0 bridgehead atoms. The number of carbonyl (C=O) groups is 1. The van der Waals surface area contributed by atoms with Gasteiger partial charge in [0, 0.05) is 11.4 Å². The maximum absolute atomic E-state index is 13.2. The lowest BCUT2D eigenvalue weighted by Gasteiger charge is -2.03. The molecule has 0 aliphatic rings. The Hall–Kier alpha value is -1.50. The van der Waals surface area contributed by atoms with Crippen molar-refractivity contribution in [2.75, 3.05) is 0 Å². The number of benzene rings is 1. The number of halogens is 2. The van der Waals surface area contributed by atoms with E-state index in [9.17, 15) is 19.3 Å². The van der Waals surface area contributed by atoms with Crippen molar-refractivity contribution >= 4 is 27.6 Å². The molecule has 0 radical (unpaired) electrons. The number of hydrogen-bond donors (Lipinski definition) is 1. The van der Waals surface area contributed by atoms with Crippen molar-refractivity contribution in [2.24, 2.45) is 0 Å². The summed E-state index contributed by atoms with van der Waals surface area (Å²) in [5.41, 5.74) is -0.973. The molecule has 0 saturated carbocycles. The zero-order valence-corrected chi connectivity index (χ0v) is 8.82. The van der Waals surface area contributed by atoms with Crippen molar-refractivity contribution in [1.82, 2.24) is 0 Å². The van der Waals surface area contributed by atoms with Crippen LogP contribution >= 0.6 is 15.9 Å². The molecular formula is C8H5BrFNO4. The molecule has 0 amide bonds. The van der Waals surface area contributed by atoms with Crippen LogP contribution in [0.25, 0.3) is 0 Å². The van der Waals surface area contributed by atoms with E-state index < -0.39 is 28.0 Å². The average molecular weight is 278 g/mol. The van der Waals surface area contributed by atoms with Crippen molar-refractivity contribution in [2.45, 2.75) is 5.33 Å². The zero-order valence-electron chi connectivity index (χ0n) is 7.24. The number of aromatic carboxylic acids is 1. The number of rotatable bonds is 3. The second-order valence-corrected chi connectivity index (χ2v) is 3.22. The first-order chi connectivity index (χ1) is 6.97. The summed E-state index contributed by atoms with van der Waals surface area (Å²) in [6, 6.07) is 1.62. The molecule has 0 aliphatic carbocycles. The molecule has 1 N–H and O–H groups in total. The lowest BCUT2D eigenvalue weighted by atomic mass is 10.1. The lowest BCUT2D eigenvalue weighted by molar-refractivity contribution is -0.385. The summed E-state index contributed by atoms with van der Waals surface area (Å²) in [6.45, 7) is 0. The van der Waals surface area contributed by atoms with Crippen LogP contribution in [-0.4, -0.2) is 16.0 Å². The van der Waals surface area contributed by atoms with Gasteiger partial charge in [-0.15, -0.1) is 0 Å². The molecule has 0 heterocycles. The third-order valence-corrected chi connectivity index (χ3v) is 2.33. The van der Waals surface area contributed by atoms with Crippen LogP contribution in [0.2, 0.25) is 0 Å². The Bertz CT molecular complexity index is 435. The molecule has 1 aromatic rings. The van der Waals surface area contributed by atoms with Gasteiger partial charge in [-0.3, -0.25) is 10.1 Å². The highest BCUT2D eigenvalue weighted by Gasteiger charge is 2.20. The fourth-order valence-electron chi connectivity index (χ4n) is 1.10. The molecule has 0 spiro atoms. The highest BCUT2D eigenvalue weighted by molar-refractivity contribution is 9.08. The number of carboxylic acids is 1. The standard InChI is InChI=1S/C8H5BrFNO4/c9-3-4-1-5(11(14)15)2-6(10)7(4)8(12)13/h1-2H,3H2,(H,12,13). The Morgan fingerprint density at radius 3 is 2.60 bits per heavy atom. The molecule has 1 aromatic carbocycles. The molecule has 0 fully saturated rings. The van der Waals surface area contributed by atoms with E-state index in [1.165, 1.54) is 0 Å². The van der Waals surface area contributed by atoms with E-state index in [1.807, 2.05) is 0 Å². The van der Waals surface area contributed by atoms with Gasteiger partial charge in [0.15, 0.2) is 0 Å². The van der Waals surface area contributed by atoms with Crippen LogP contribution in [0.3, 0.4) is 0 Å². The van der Waals surface area contributed by atoms with Gasteiger partial charge in [-0.1, -0.05) is 15.9 Å². The Labute approximate surface area is 91.8 Å². The Morgan fingerprint density at radius 2 is 2.20 bits per heavy atom. The van der Waals surface area contributed by atoms with E-state index in [-0.39, 0.29) is 10.9 Å².